The van der Waals surface area contributed by atoms with Crippen molar-refractivity contribution >= 4 is 10.0 Å². The molecule has 0 atom stereocenters. The van der Waals surface area contributed by atoms with Crippen LogP contribution >= 0.6 is 0 Å². The fraction of sp³-hybridized carbons (Fsp3) is 0.556. The lowest BCUT2D eigenvalue weighted by Gasteiger charge is -2.33. The highest BCUT2D eigenvalue weighted by atomic mass is 32.2. The summed E-state index contributed by atoms with van der Waals surface area (Å²) in [5, 5.41) is 8.11. The normalized spacial score (nSPS) is 17.1. The maximum Gasteiger partial charge on any atom is 0.243 e. The molecule has 0 amide bonds. The van der Waals surface area contributed by atoms with E-state index in [1.807, 2.05) is 26.0 Å². The molecule has 142 valence electrons. The van der Waals surface area contributed by atoms with Crippen LogP contribution in [0.25, 0.3) is 0 Å². The van der Waals surface area contributed by atoms with E-state index in [-0.39, 0.29) is 5.92 Å². The Labute approximate surface area is 155 Å². The highest BCUT2D eigenvalue weighted by molar-refractivity contribution is 7.89. The number of hydrogen-bond donors (Lipinski definition) is 0. The van der Waals surface area contributed by atoms with Gasteiger partial charge in [0, 0.05) is 32.1 Å². The van der Waals surface area contributed by atoms with Crippen molar-refractivity contribution in [1.82, 2.24) is 19.4 Å². The SMILES string of the molecule is CCc1ccc(S(=O)(=O)N2CCN(Cc3nnc(C(C)C)o3)CC2)cc1. The van der Waals surface area contributed by atoms with Gasteiger partial charge in [0.05, 0.1) is 11.4 Å². The molecule has 0 radical (unpaired) electrons. The van der Waals surface area contributed by atoms with Gasteiger partial charge >= 0.3 is 0 Å². The molecule has 1 fully saturated rings. The number of nitrogens with zero attached hydrogens (tertiary/aromatic N) is 4. The predicted octanol–water partition coefficient (Wildman–Crippen LogP) is 2.26. The highest BCUT2D eigenvalue weighted by Crippen LogP contribution is 2.19. The lowest BCUT2D eigenvalue weighted by atomic mass is 10.2. The van der Waals surface area contributed by atoms with Crippen LogP contribution in [0.1, 0.15) is 44.0 Å². The lowest BCUT2D eigenvalue weighted by molar-refractivity contribution is 0.167. The Morgan fingerprint density at radius 2 is 1.73 bits per heavy atom. The van der Waals surface area contributed by atoms with Crippen molar-refractivity contribution in [2.24, 2.45) is 0 Å². The minimum atomic E-state index is -3.44. The Morgan fingerprint density at radius 3 is 2.27 bits per heavy atom. The van der Waals surface area contributed by atoms with Gasteiger partial charge < -0.3 is 4.42 Å². The lowest BCUT2D eigenvalue weighted by Crippen LogP contribution is -2.48. The smallest absolute Gasteiger partial charge is 0.243 e. The van der Waals surface area contributed by atoms with Gasteiger partial charge in [0.25, 0.3) is 0 Å². The van der Waals surface area contributed by atoms with Gasteiger partial charge in [-0.1, -0.05) is 32.9 Å². The van der Waals surface area contributed by atoms with Gasteiger partial charge in [-0.2, -0.15) is 4.31 Å². The van der Waals surface area contributed by atoms with E-state index < -0.39 is 10.0 Å². The Morgan fingerprint density at radius 1 is 1.08 bits per heavy atom. The van der Waals surface area contributed by atoms with Crippen LogP contribution in [-0.4, -0.2) is 54.0 Å². The van der Waals surface area contributed by atoms with Crippen LogP contribution in [0.2, 0.25) is 0 Å². The first-order valence-corrected chi connectivity index (χ1v) is 10.5. The second-order valence-corrected chi connectivity index (χ2v) is 8.80. The van der Waals surface area contributed by atoms with Crippen molar-refractivity contribution < 1.29 is 12.8 Å². The first-order valence-electron chi connectivity index (χ1n) is 9.04. The van der Waals surface area contributed by atoms with Crippen LogP contribution < -0.4 is 0 Å². The van der Waals surface area contributed by atoms with Crippen molar-refractivity contribution in [2.75, 3.05) is 26.2 Å². The molecule has 1 saturated heterocycles. The van der Waals surface area contributed by atoms with E-state index in [0.29, 0.717) is 49.4 Å². The summed E-state index contributed by atoms with van der Waals surface area (Å²) in [7, 11) is -3.44. The maximum atomic E-state index is 12.8. The van der Waals surface area contributed by atoms with Crippen LogP contribution in [0, 0.1) is 0 Å². The Bertz CT molecular complexity index is 822. The summed E-state index contributed by atoms with van der Waals surface area (Å²) in [5.41, 5.74) is 1.13. The molecular formula is C18H26N4O3S. The highest BCUT2D eigenvalue weighted by Gasteiger charge is 2.29. The topological polar surface area (TPSA) is 79.5 Å². The summed E-state index contributed by atoms with van der Waals surface area (Å²) in [6.45, 7) is 8.83. The van der Waals surface area contributed by atoms with Crippen LogP contribution in [-0.2, 0) is 23.0 Å². The predicted molar refractivity (Wildman–Crippen MR) is 98.2 cm³/mol. The molecule has 2 heterocycles. The molecule has 0 spiro atoms. The quantitative estimate of drug-likeness (QED) is 0.767. The molecule has 26 heavy (non-hydrogen) atoms. The van der Waals surface area contributed by atoms with Gasteiger partial charge in [-0.25, -0.2) is 8.42 Å². The van der Waals surface area contributed by atoms with E-state index in [0.717, 1.165) is 12.0 Å². The number of aromatic nitrogens is 2. The summed E-state index contributed by atoms with van der Waals surface area (Å²) in [4.78, 5) is 2.51. The minimum absolute atomic E-state index is 0.206. The summed E-state index contributed by atoms with van der Waals surface area (Å²) in [6, 6.07) is 7.16. The summed E-state index contributed by atoms with van der Waals surface area (Å²) >= 11 is 0. The van der Waals surface area contributed by atoms with Crippen molar-refractivity contribution in [3.63, 3.8) is 0 Å². The molecule has 1 aromatic carbocycles. The average Bonchev–Trinajstić information content (AvgIpc) is 3.11. The number of piperazine rings is 1. The Balaban J connectivity index is 1.59. The van der Waals surface area contributed by atoms with Gasteiger partial charge in [0.1, 0.15) is 0 Å². The van der Waals surface area contributed by atoms with E-state index in [2.05, 4.69) is 22.0 Å². The first-order chi connectivity index (χ1) is 12.4. The monoisotopic (exact) mass is 378 g/mol. The fourth-order valence-corrected chi connectivity index (χ4v) is 4.35. The summed E-state index contributed by atoms with van der Waals surface area (Å²) in [6.07, 6.45) is 0.896. The van der Waals surface area contributed by atoms with Gasteiger partial charge in [0.2, 0.25) is 21.8 Å². The second-order valence-electron chi connectivity index (χ2n) is 6.87. The number of hydrogen-bond acceptors (Lipinski definition) is 6. The average molecular weight is 378 g/mol. The molecule has 3 rings (SSSR count). The van der Waals surface area contributed by atoms with Gasteiger partial charge in [-0.3, -0.25) is 4.90 Å². The Hall–Kier alpha value is -1.77. The van der Waals surface area contributed by atoms with Crippen molar-refractivity contribution in [3.05, 3.63) is 41.6 Å². The zero-order valence-corrected chi connectivity index (χ0v) is 16.4. The van der Waals surface area contributed by atoms with E-state index in [9.17, 15) is 8.42 Å². The molecule has 0 bridgehead atoms. The van der Waals surface area contributed by atoms with Crippen LogP contribution in [0.3, 0.4) is 0 Å². The molecule has 0 unspecified atom stereocenters. The first kappa shape index (κ1) is 19.0. The number of sulfonamides is 1. The van der Waals surface area contributed by atoms with E-state index in [4.69, 9.17) is 4.42 Å². The van der Waals surface area contributed by atoms with E-state index in [1.54, 1.807) is 16.4 Å². The summed E-state index contributed by atoms with van der Waals surface area (Å²) in [5.74, 6) is 1.43. The van der Waals surface area contributed by atoms with Crippen molar-refractivity contribution in [2.45, 2.75) is 44.6 Å². The molecule has 0 saturated carbocycles. The molecule has 8 heteroatoms. The molecule has 0 N–H and O–H groups in total. The Kier molecular flexibility index (Phi) is 5.74. The fourth-order valence-electron chi connectivity index (χ4n) is 2.93. The third-order valence-electron chi connectivity index (χ3n) is 4.64. The number of benzene rings is 1. The third kappa shape index (κ3) is 4.13. The molecule has 0 aliphatic carbocycles. The maximum absolute atomic E-state index is 12.8. The van der Waals surface area contributed by atoms with E-state index in [1.165, 1.54) is 0 Å². The van der Waals surface area contributed by atoms with Gasteiger partial charge in [0.15, 0.2) is 0 Å². The van der Waals surface area contributed by atoms with E-state index >= 15 is 0 Å². The van der Waals surface area contributed by atoms with Crippen LogP contribution in [0.4, 0.5) is 0 Å². The van der Waals surface area contributed by atoms with Crippen LogP contribution in [0.5, 0.6) is 0 Å². The zero-order chi connectivity index (χ0) is 18.7. The second kappa shape index (κ2) is 7.85. The van der Waals surface area contributed by atoms with Crippen molar-refractivity contribution in [3.8, 4) is 0 Å². The van der Waals surface area contributed by atoms with Gasteiger partial charge in [-0.05, 0) is 24.1 Å². The largest absolute Gasteiger partial charge is 0.424 e. The number of aryl methyl sites for hydroxylation is 1. The minimum Gasteiger partial charge on any atom is -0.424 e. The molecule has 1 aliphatic heterocycles. The standard InChI is InChI=1S/C18H26N4O3S/c1-4-15-5-7-16(8-6-15)26(23,24)22-11-9-21(10-12-22)13-17-19-20-18(25-17)14(2)3/h5-8,14H,4,9-13H2,1-3H3. The number of rotatable bonds is 6. The molecule has 1 aliphatic rings. The molecule has 7 nitrogen and oxygen atoms in total. The zero-order valence-electron chi connectivity index (χ0n) is 15.6. The molecular weight excluding hydrogens is 352 g/mol. The third-order valence-corrected chi connectivity index (χ3v) is 6.55. The molecule has 1 aromatic heterocycles. The molecule has 2 aromatic rings. The van der Waals surface area contributed by atoms with Gasteiger partial charge in [-0.15, -0.1) is 10.2 Å². The van der Waals surface area contributed by atoms with Crippen molar-refractivity contribution in [1.29, 1.82) is 0 Å². The summed E-state index contributed by atoms with van der Waals surface area (Å²) < 4.78 is 32.8. The van der Waals surface area contributed by atoms with Crippen LogP contribution in [0.15, 0.2) is 33.6 Å².